The van der Waals surface area contributed by atoms with Gasteiger partial charge in [-0.3, -0.25) is 9.78 Å². The van der Waals surface area contributed by atoms with Gasteiger partial charge in [-0.1, -0.05) is 0 Å². The molecule has 1 amide bonds. The third kappa shape index (κ3) is 2.78. The van der Waals surface area contributed by atoms with Crippen LogP contribution in [0.25, 0.3) is 11.3 Å². The minimum absolute atomic E-state index is 0.0744. The van der Waals surface area contributed by atoms with E-state index in [0.717, 1.165) is 29.9 Å². The number of carbonyl (C=O) groups is 1. The lowest BCUT2D eigenvalue weighted by Gasteiger charge is -2.22. The highest BCUT2D eigenvalue weighted by Crippen LogP contribution is 2.26. The van der Waals surface area contributed by atoms with Crippen LogP contribution in [-0.4, -0.2) is 34.9 Å². The van der Waals surface area contributed by atoms with Crippen molar-refractivity contribution in [3.8, 4) is 11.3 Å². The Hall–Kier alpha value is -1.72. The molecule has 2 atom stereocenters. The van der Waals surface area contributed by atoms with E-state index in [9.17, 15) is 4.79 Å². The average Bonchev–Trinajstić information content (AvgIpc) is 3.15. The monoisotopic (exact) mass is 315 g/mol. The van der Waals surface area contributed by atoms with E-state index in [1.165, 1.54) is 0 Å². The van der Waals surface area contributed by atoms with Crippen molar-refractivity contribution >= 4 is 17.2 Å². The summed E-state index contributed by atoms with van der Waals surface area (Å²) in [6, 6.07) is 6.13. The van der Waals surface area contributed by atoms with Gasteiger partial charge in [0, 0.05) is 23.5 Å². The third-order valence-electron chi connectivity index (χ3n) is 4.39. The number of rotatable bonds is 3. The smallest absolute Gasteiger partial charge is 0.255 e. The van der Waals surface area contributed by atoms with Gasteiger partial charge in [-0.15, -0.1) is 0 Å². The van der Waals surface area contributed by atoms with Gasteiger partial charge in [0.25, 0.3) is 5.91 Å². The van der Waals surface area contributed by atoms with E-state index in [-0.39, 0.29) is 11.9 Å². The summed E-state index contributed by atoms with van der Waals surface area (Å²) in [4.78, 5) is 19.3. The fraction of sp³-hybridized carbons (Fsp3) is 0.412. The van der Waals surface area contributed by atoms with Crippen molar-refractivity contribution < 1.29 is 4.79 Å². The summed E-state index contributed by atoms with van der Waals surface area (Å²) < 4.78 is 0. The second-order valence-corrected chi connectivity index (χ2v) is 6.77. The third-order valence-corrected chi connectivity index (χ3v) is 5.07. The van der Waals surface area contributed by atoms with Crippen molar-refractivity contribution in [2.75, 3.05) is 13.1 Å². The Balaban J connectivity index is 1.84. The fourth-order valence-electron chi connectivity index (χ4n) is 3.11. The van der Waals surface area contributed by atoms with Crippen molar-refractivity contribution in [1.82, 2.24) is 9.88 Å². The molecule has 0 bridgehead atoms. The summed E-state index contributed by atoms with van der Waals surface area (Å²) in [5, 5.41) is 4.10. The highest BCUT2D eigenvalue weighted by Gasteiger charge is 2.32. The van der Waals surface area contributed by atoms with Gasteiger partial charge in [-0.25, -0.2) is 0 Å². The number of nitrogens with two attached hydrogens (primary N) is 1. The summed E-state index contributed by atoms with van der Waals surface area (Å²) >= 11 is 1.65. The molecule has 116 valence electrons. The van der Waals surface area contributed by atoms with E-state index in [2.05, 4.69) is 17.3 Å². The maximum atomic E-state index is 12.8. The molecule has 4 nitrogen and oxygen atoms in total. The lowest BCUT2D eigenvalue weighted by molar-refractivity contribution is 0.0742. The molecule has 5 heteroatoms. The summed E-state index contributed by atoms with van der Waals surface area (Å²) in [7, 11) is 0. The highest BCUT2D eigenvalue weighted by atomic mass is 32.1. The van der Waals surface area contributed by atoms with Crippen molar-refractivity contribution in [1.29, 1.82) is 0 Å². The number of hydrogen-bond donors (Lipinski definition) is 1. The average molecular weight is 315 g/mol. The van der Waals surface area contributed by atoms with Crippen LogP contribution in [0.2, 0.25) is 0 Å². The van der Waals surface area contributed by atoms with Gasteiger partial charge >= 0.3 is 0 Å². The molecule has 0 saturated carbocycles. The van der Waals surface area contributed by atoms with Crippen LogP contribution in [0.5, 0.6) is 0 Å². The van der Waals surface area contributed by atoms with Gasteiger partial charge in [-0.05, 0) is 56.3 Å². The summed E-state index contributed by atoms with van der Waals surface area (Å²) in [5.41, 5.74) is 9.26. The number of aryl methyl sites for hydroxylation is 1. The van der Waals surface area contributed by atoms with Crippen LogP contribution in [-0.2, 0) is 0 Å². The SMILES string of the molecule is Cc1nc(-c2ccsc2)ccc1C(=O)N1CC(CN)CC1C. The maximum absolute atomic E-state index is 12.8. The van der Waals surface area contributed by atoms with Crippen LogP contribution in [0.3, 0.4) is 0 Å². The van der Waals surface area contributed by atoms with E-state index in [4.69, 9.17) is 5.73 Å². The Morgan fingerprint density at radius 1 is 1.45 bits per heavy atom. The molecule has 2 unspecified atom stereocenters. The summed E-state index contributed by atoms with van der Waals surface area (Å²) in [6.07, 6.45) is 0.988. The van der Waals surface area contributed by atoms with Crippen molar-refractivity contribution in [2.24, 2.45) is 11.7 Å². The van der Waals surface area contributed by atoms with Gasteiger partial charge in [0.2, 0.25) is 0 Å². The molecular formula is C17H21N3OS. The fourth-order valence-corrected chi connectivity index (χ4v) is 3.76. The van der Waals surface area contributed by atoms with Gasteiger partial charge in [0.15, 0.2) is 0 Å². The lowest BCUT2D eigenvalue weighted by atomic mass is 10.1. The molecule has 1 aliphatic rings. The standard InChI is InChI=1S/C17H21N3OS/c1-11-7-13(8-18)9-20(11)17(21)15-3-4-16(19-12(15)2)14-5-6-22-10-14/h3-6,10-11,13H,7-9,18H2,1-2H3. The predicted molar refractivity (Wildman–Crippen MR) is 89.9 cm³/mol. The number of amides is 1. The van der Waals surface area contributed by atoms with Gasteiger partial charge in [0.1, 0.15) is 0 Å². The number of aromatic nitrogens is 1. The first kappa shape index (κ1) is 15.2. The molecule has 2 aromatic rings. The zero-order valence-electron chi connectivity index (χ0n) is 13.0. The van der Waals surface area contributed by atoms with Crippen LogP contribution in [0.4, 0.5) is 0 Å². The topological polar surface area (TPSA) is 59.2 Å². The number of likely N-dealkylation sites (tertiary alicyclic amines) is 1. The number of carbonyl (C=O) groups excluding carboxylic acids is 1. The van der Waals surface area contributed by atoms with Crippen molar-refractivity contribution in [3.05, 3.63) is 40.2 Å². The summed E-state index contributed by atoms with van der Waals surface area (Å²) in [5.74, 6) is 0.489. The predicted octanol–water partition coefficient (Wildman–Crippen LogP) is 2.93. The Labute approximate surface area is 135 Å². The minimum Gasteiger partial charge on any atom is -0.336 e. The van der Waals surface area contributed by atoms with Crippen LogP contribution < -0.4 is 5.73 Å². The molecule has 0 aliphatic carbocycles. The molecule has 0 aromatic carbocycles. The van der Waals surface area contributed by atoms with Gasteiger partial charge in [-0.2, -0.15) is 11.3 Å². The molecule has 1 saturated heterocycles. The zero-order chi connectivity index (χ0) is 15.7. The first-order chi connectivity index (χ1) is 10.6. The molecule has 22 heavy (non-hydrogen) atoms. The van der Waals surface area contributed by atoms with E-state index in [1.54, 1.807) is 11.3 Å². The molecule has 1 aliphatic heterocycles. The Kier molecular flexibility index (Phi) is 4.27. The molecule has 3 heterocycles. The minimum atomic E-state index is 0.0744. The number of thiophene rings is 1. The molecule has 3 rings (SSSR count). The first-order valence-corrected chi connectivity index (χ1v) is 8.55. The quantitative estimate of drug-likeness (QED) is 0.947. The second kappa shape index (κ2) is 6.18. The molecular weight excluding hydrogens is 294 g/mol. The van der Waals surface area contributed by atoms with E-state index in [0.29, 0.717) is 18.0 Å². The van der Waals surface area contributed by atoms with Crippen LogP contribution in [0, 0.1) is 12.8 Å². The van der Waals surface area contributed by atoms with Crippen LogP contribution in [0.1, 0.15) is 29.4 Å². The van der Waals surface area contributed by atoms with Crippen LogP contribution >= 0.6 is 11.3 Å². The Bertz CT molecular complexity index is 669. The first-order valence-electron chi connectivity index (χ1n) is 7.61. The van der Waals surface area contributed by atoms with Crippen LogP contribution in [0.15, 0.2) is 29.0 Å². The number of nitrogens with zero attached hydrogens (tertiary/aromatic N) is 2. The van der Waals surface area contributed by atoms with Gasteiger partial charge in [0.05, 0.1) is 17.0 Å². The van der Waals surface area contributed by atoms with Crippen molar-refractivity contribution in [3.63, 3.8) is 0 Å². The molecule has 0 radical (unpaired) electrons. The number of hydrogen-bond acceptors (Lipinski definition) is 4. The molecule has 1 fully saturated rings. The maximum Gasteiger partial charge on any atom is 0.255 e. The normalized spacial score (nSPS) is 21.3. The van der Waals surface area contributed by atoms with Crippen molar-refractivity contribution in [2.45, 2.75) is 26.3 Å². The zero-order valence-corrected chi connectivity index (χ0v) is 13.8. The van der Waals surface area contributed by atoms with E-state index < -0.39 is 0 Å². The second-order valence-electron chi connectivity index (χ2n) is 5.99. The molecule has 2 N–H and O–H groups in total. The summed E-state index contributed by atoms with van der Waals surface area (Å²) in [6.45, 7) is 5.39. The number of pyridine rings is 1. The van der Waals surface area contributed by atoms with E-state index >= 15 is 0 Å². The van der Waals surface area contributed by atoms with E-state index in [1.807, 2.05) is 35.4 Å². The molecule has 0 spiro atoms. The lowest BCUT2D eigenvalue weighted by Crippen LogP contribution is -2.35. The molecule has 2 aromatic heterocycles. The Morgan fingerprint density at radius 2 is 2.27 bits per heavy atom. The Morgan fingerprint density at radius 3 is 2.86 bits per heavy atom. The largest absolute Gasteiger partial charge is 0.336 e. The van der Waals surface area contributed by atoms with Gasteiger partial charge < -0.3 is 10.6 Å². The highest BCUT2D eigenvalue weighted by molar-refractivity contribution is 7.08.